The molecule has 104 valence electrons. The second-order valence-corrected chi connectivity index (χ2v) is 4.12. The summed E-state index contributed by atoms with van der Waals surface area (Å²) in [5, 5.41) is 18.7. The van der Waals surface area contributed by atoms with Crippen LogP contribution in [0.5, 0.6) is 0 Å². The molecule has 0 spiro atoms. The van der Waals surface area contributed by atoms with E-state index in [1.807, 2.05) is 6.07 Å². The van der Waals surface area contributed by atoms with Gasteiger partial charge in [0.2, 0.25) is 5.91 Å². The number of rotatable bonds is 6. The van der Waals surface area contributed by atoms with Gasteiger partial charge in [0.25, 0.3) is 0 Å². The molecular formula is C12H13N5O3. The van der Waals surface area contributed by atoms with Crippen LogP contribution in [0.2, 0.25) is 0 Å². The summed E-state index contributed by atoms with van der Waals surface area (Å²) in [6.07, 6.45) is 4.99. The first kappa shape index (κ1) is 13.7. The maximum Gasteiger partial charge on any atom is 0.325 e. The topological polar surface area (TPSA) is 110 Å². The van der Waals surface area contributed by atoms with Crippen molar-refractivity contribution in [2.75, 3.05) is 0 Å². The predicted molar refractivity (Wildman–Crippen MR) is 67.4 cm³/mol. The summed E-state index contributed by atoms with van der Waals surface area (Å²) in [6.45, 7) is -0.0463. The van der Waals surface area contributed by atoms with Crippen LogP contribution in [-0.4, -0.2) is 37.0 Å². The van der Waals surface area contributed by atoms with Crippen LogP contribution >= 0.6 is 0 Å². The molecule has 20 heavy (non-hydrogen) atoms. The average Bonchev–Trinajstić information content (AvgIpc) is 2.84. The highest BCUT2D eigenvalue weighted by molar-refractivity contribution is 5.78. The maximum absolute atomic E-state index is 11.7. The molecule has 2 aromatic heterocycles. The van der Waals surface area contributed by atoms with E-state index in [1.54, 1.807) is 18.5 Å². The van der Waals surface area contributed by atoms with Gasteiger partial charge in [-0.2, -0.15) is 0 Å². The van der Waals surface area contributed by atoms with E-state index in [0.29, 0.717) is 5.69 Å². The Bertz CT molecular complexity index is 596. The fourth-order valence-electron chi connectivity index (χ4n) is 1.58. The van der Waals surface area contributed by atoms with Crippen molar-refractivity contribution in [1.82, 2.24) is 25.3 Å². The predicted octanol–water partition coefficient (Wildman–Crippen LogP) is -0.383. The normalized spacial score (nSPS) is 10.2. The number of carboxylic acids is 1. The molecule has 8 nitrogen and oxygen atoms in total. The van der Waals surface area contributed by atoms with Crippen molar-refractivity contribution in [1.29, 1.82) is 0 Å². The minimum absolute atomic E-state index is 0.161. The summed E-state index contributed by atoms with van der Waals surface area (Å²) in [5.74, 6) is -1.16. The van der Waals surface area contributed by atoms with Gasteiger partial charge < -0.3 is 10.4 Å². The van der Waals surface area contributed by atoms with Crippen molar-refractivity contribution in [3.63, 3.8) is 0 Å². The number of carbonyl (C=O) groups excluding carboxylic acids is 1. The lowest BCUT2D eigenvalue weighted by Gasteiger charge is -2.02. The molecule has 0 saturated heterocycles. The van der Waals surface area contributed by atoms with E-state index in [4.69, 9.17) is 5.11 Å². The molecule has 0 unspecified atom stereocenters. The quantitative estimate of drug-likeness (QED) is 0.743. The largest absolute Gasteiger partial charge is 0.480 e. The Kier molecular flexibility index (Phi) is 4.38. The minimum atomic E-state index is -0.998. The summed E-state index contributed by atoms with van der Waals surface area (Å²) in [4.78, 5) is 26.1. The molecule has 0 saturated carbocycles. The molecule has 2 N–H and O–H groups in total. The molecule has 2 aromatic rings. The Labute approximate surface area is 114 Å². The van der Waals surface area contributed by atoms with Gasteiger partial charge in [-0.15, -0.1) is 5.10 Å². The molecule has 1 amide bonds. The lowest BCUT2D eigenvalue weighted by Crippen LogP contribution is -2.24. The van der Waals surface area contributed by atoms with E-state index in [0.717, 1.165) is 5.56 Å². The molecule has 0 fully saturated rings. The number of nitrogens with zero attached hydrogens (tertiary/aromatic N) is 4. The Morgan fingerprint density at radius 1 is 1.40 bits per heavy atom. The van der Waals surface area contributed by atoms with E-state index in [2.05, 4.69) is 20.6 Å². The van der Waals surface area contributed by atoms with Gasteiger partial charge in [-0.3, -0.25) is 14.6 Å². The molecular weight excluding hydrogens is 262 g/mol. The first-order valence-electron chi connectivity index (χ1n) is 5.90. The number of amides is 1. The molecule has 0 radical (unpaired) electrons. The Balaban J connectivity index is 1.81. The van der Waals surface area contributed by atoms with Gasteiger partial charge in [-0.25, -0.2) is 4.68 Å². The highest BCUT2D eigenvalue weighted by atomic mass is 16.4. The summed E-state index contributed by atoms with van der Waals surface area (Å²) in [7, 11) is 0. The van der Waals surface area contributed by atoms with E-state index in [1.165, 1.54) is 10.9 Å². The lowest BCUT2D eigenvalue weighted by molar-refractivity contribution is -0.138. The molecule has 0 bridgehead atoms. The highest BCUT2D eigenvalue weighted by Gasteiger charge is 2.07. The maximum atomic E-state index is 11.7. The van der Waals surface area contributed by atoms with E-state index >= 15 is 0 Å². The molecule has 0 atom stereocenters. The van der Waals surface area contributed by atoms with Crippen LogP contribution in [0, 0.1) is 0 Å². The van der Waals surface area contributed by atoms with Crippen LogP contribution in [-0.2, 0) is 29.1 Å². The van der Waals surface area contributed by atoms with Crippen LogP contribution in [0.15, 0.2) is 30.7 Å². The number of carboxylic acid groups (broad SMARTS) is 1. The van der Waals surface area contributed by atoms with Gasteiger partial charge >= 0.3 is 5.97 Å². The van der Waals surface area contributed by atoms with Gasteiger partial charge in [0.1, 0.15) is 12.2 Å². The van der Waals surface area contributed by atoms with E-state index < -0.39 is 5.97 Å². The van der Waals surface area contributed by atoms with Crippen molar-refractivity contribution >= 4 is 11.9 Å². The van der Waals surface area contributed by atoms with Gasteiger partial charge in [-0.05, 0) is 11.6 Å². The molecule has 2 heterocycles. The van der Waals surface area contributed by atoms with Crippen LogP contribution in [0.4, 0.5) is 0 Å². The number of hydrogen-bond acceptors (Lipinski definition) is 5. The zero-order valence-electron chi connectivity index (χ0n) is 10.6. The average molecular weight is 275 g/mol. The van der Waals surface area contributed by atoms with Crippen molar-refractivity contribution < 1.29 is 14.7 Å². The number of aliphatic carboxylic acids is 1. The van der Waals surface area contributed by atoms with Crippen molar-refractivity contribution in [2.24, 2.45) is 0 Å². The van der Waals surface area contributed by atoms with Gasteiger partial charge in [0.15, 0.2) is 0 Å². The van der Waals surface area contributed by atoms with Crippen LogP contribution in [0.3, 0.4) is 0 Å². The summed E-state index contributed by atoms with van der Waals surface area (Å²) >= 11 is 0. The molecule has 0 aliphatic rings. The monoisotopic (exact) mass is 275 g/mol. The first-order valence-corrected chi connectivity index (χ1v) is 5.90. The minimum Gasteiger partial charge on any atom is -0.480 e. The second kappa shape index (κ2) is 6.41. The smallest absolute Gasteiger partial charge is 0.325 e. The van der Waals surface area contributed by atoms with Crippen molar-refractivity contribution in [2.45, 2.75) is 19.5 Å². The van der Waals surface area contributed by atoms with Crippen molar-refractivity contribution in [3.8, 4) is 0 Å². The zero-order chi connectivity index (χ0) is 14.4. The van der Waals surface area contributed by atoms with Gasteiger partial charge in [0.05, 0.1) is 19.2 Å². The standard InChI is InChI=1S/C12H13N5O3/c18-11(4-9-2-1-3-13-5-9)14-6-10-7-17(16-15-10)8-12(19)20/h1-3,5,7H,4,6,8H2,(H,14,18)(H,19,20). The van der Waals surface area contributed by atoms with E-state index in [-0.39, 0.29) is 25.4 Å². The van der Waals surface area contributed by atoms with Gasteiger partial charge in [-0.1, -0.05) is 11.3 Å². The number of carbonyl (C=O) groups is 2. The van der Waals surface area contributed by atoms with Crippen LogP contribution < -0.4 is 5.32 Å². The fourth-order valence-corrected chi connectivity index (χ4v) is 1.58. The zero-order valence-corrected chi connectivity index (χ0v) is 10.6. The lowest BCUT2D eigenvalue weighted by atomic mass is 10.2. The molecule has 8 heteroatoms. The fraction of sp³-hybridized carbons (Fsp3) is 0.250. The number of pyridine rings is 1. The third-order valence-electron chi connectivity index (χ3n) is 2.44. The van der Waals surface area contributed by atoms with Gasteiger partial charge in [0, 0.05) is 12.4 Å². The Morgan fingerprint density at radius 3 is 2.95 bits per heavy atom. The summed E-state index contributed by atoms with van der Waals surface area (Å²) < 4.78 is 1.20. The first-order chi connectivity index (χ1) is 9.63. The molecule has 0 aromatic carbocycles. The highest BCUT2D eigenvalue weighted by Crippen LogP contribution is 1.98. The summed E-state index contributed by atoms with van der Waals surface area (Å²) in [6, 6.07) is 3.58. The Morgan fingerprint density at radius 2 is 2.25 bits per heavy atom. The second-order valence-electron chi connectivity index (χ2n) is 4.12. The SMILES string of the molecule is O=C(O)Cn1cc(CNC(=O)Cc2cccnc2)nn1. The number of hydrogen-bond donors (Lipinski definition) is 2. The van der Waals surface area contributed by atoms with E-state index in [9.17, 15) is 9.59 Å². The van der Waals surface area contributed by atoms with Crippen LogP contribution in [0.25, 0.3) is 0 Å². The third-order valence-corrected chi connectivity index (χ3v) is 2.44. The van der Waals surface area contributed by atoms with Crippen LogP contribution in [0.1, 0.15) is 11.3 Å². The molecule has 0 aliphatic heterocycles. The molecule has 0 aliphatic carbocycles. The summed E-state index contributed by atoms with van der Waals surface area (Å²) in [5.41, 5.74) is 1.32. The molecule has 2 rings (SSSR count). The number of aromatic nitrogens is 4. The number of nitrogens with one attached hydrogen (secondary N) is 1. The third kappa shape index (κ3) is 4.16. The van der Waals surface area contributed by atoms with Crippen molar-refractivity contribution in [3.05, 3.63) is 42.0 Å². The Hall–Kier alpha value is -2.77.